The van der Waals surface area contributed by atoms with Gasteiger partial charge in [-0.25, -0.2) is 9.97 Å². The van der Waals surface area contributed by atoms with Crippen molar-refractivity contribution in [3.05, 3.63) is 18.1 Å². The lowest BCUT2D eigenvalue weighted by molar-refractivity contribution is 0.0943. The highest BCUT2D eigenvalue weighted by molar-refractivity contribution is 5.92. The second-order valence-electron chi connectivity index (χ2n) is 4.91. The first-order valence-electron chi connectivity index (χ1n) is 7.24. The van der Waals surface area contributed by atoms with Crippen molar-refractivity contribution < 1.29 is 14.3 Å². The van der Waals surface area contributed by atoms with Gasteiger partial charge in [0.15, 0.2) is 0 Å². The van der Waals surface area contributed by atoms with Crippen LogP contribution in [0.2, 0.25) is 0 Å². The first kappa shape index (κ1) is 15.7. The fourth-order valence-corrected chi connectivity index (χ4v) is 2.11. The van der Waals surface area contributed by atoms with E-state index in [0.29, 0.717) is 31.2 Å². The van der Waals surface area contributed by atoms with Gasteiger partial charge in [0.05, 0.1) is 6.10 Å². The van der Waals surface area contributed by atoms with Crippen LogP contribution in [0.4, 0.5) is 5.82 Å². The number of aromatic nitrogens is 2. The van der Waals surface area contributed by atoms with Gasteiger partial charge in [0.25, 0.3) is 5.91 Å². The highest BCUT2D eigenvalue weighted by Gasteiger charge is 2.15. The first-order chi connectivity index (χ1) is 10.3. The summed E-state index contributed by atoms with van der Waals surface area (Å²) in [5, 5.41) is 5.98. The average molecular weight is 294 g/mol. The lowest BCUT2D eigenvalue weighted by Crippen LogP contribution is -2.26. The molecule has 1 unspecified atom stereocenters. The molecule has 7 heteroatoms. The number of methoxy groups -OCH3 is 1. The molecule has 1 saturated heterocycles. The second-order valence-corrected chi connectivity index (χ2v) is 4.91. The highest BCUT2D eigenvalue weighted by Crippen LogP contribution is 2.13. The van der Waals surface area contributed by atoms with Crippen molar-refractivity contribution in [3.8, 4) is 0 Å². The summed E-state index contributed by atoms with van der Waals surface area (Å²) in [4.78, 5) is 20.0. The Kier molecular flexibility index (Phi) is 6.36. The molecule has 1 aliphatic rings. The van der Waals surface area contributed by atoms with Gasteiger partial charge in [0.2, 0.25) is 0 Å². The third-order valence-electron chi connectivity index (χ3n) is 3.25. The summed E-state index contributed by atoms with van der Waals surface area (Å²) >= 11 is 0. The van der Waals surface area contributed by atoms with E-state index in [2.05, 4.69) is 20.6 Å². The maximum atomic E-state index is 11.9. The summed E-state index contributed by atoms with van der Waals surface area (Å²) in [6.45, 7) is 2.71. The van der Waals surface area contributed by atoms with Gasteiger partial charge >= 0.3 is 0 Å². The van der Waals surface area contributed by atoms with E-state index >= 15 is 0 Å². The Morgan fingerprint density at radius 2 is 2.43 bits per heavy atom. The van der Waals surface area contributed by atoms with Crippen molar-refractivity contribution in [2.24, 2.45) is 0 Å². The Bertz CT molecular complexity index is 450. The van der Waals surface area contributed by atoms with Crippen molar-refractivity contribution in [3.63, 3.8) is 0 Å². The van der Waals surface area contributed by atoms with Crippen LogP contribution in [0, 0.1) is 0 Å². The molecule has 0 aliphatic carbocycles. The topological polar surface area (TPSA) is 85.4 Å². The Balaban J connectivity index is 1.80. The minimum absolute atomic E-state index is 0.200. The molecule has 1 aromatic heterocycles. The summed E-state index contributed by atoms with van der Waals surface area (Å²) in [7, 11) is 1.64. The van der Waals surface area contributed by atoms with E-state index in [1.807, 2.05) is 0 Å². The van der Waals surface area contributed by atoms with Crippen LogP contribution in [0.15, 0.2) is 12.4 Å². The third-order valence-corrected chi connectivity index (χ3v) is 3.25. The third kappa shape index (κ3) is 5.28. The number of amides is 1. The lowest BCUT2D eigenvalue weighted by atomic mass is 10.2. The van der Waals surface area contributed by atoms with E-state index in [-0.39, 0.29) is 12.0 Å². The molecule has 1 atom stereocenters. The average Bonchev–Trinajstić information content (AvgIpc) is 3.03. The van der Waals surface area contributed by atoms with Crippen LogP contribution in [0.5, 0.6) is 0 Å². The molecular weight excluding hydrogens is 272 g/mol. The maximum absolute atomic E-state index is 11.9. The Morgan fingerprint density at radius 1 is 1.52 bits per heavy atom. The predicted octanol–water partition coefficient (Wildman–Crippen LogP) is 0.834. The Morgan fingerprint density at radius 3 is 3.19 bits per heavy atom. The molecule has 0 saturated carbocycles. The van der Waals surface area contributed by atoms with E-state index in [0.717, 1.165) is 25.9 Å². The molecule has 2 N–H and O–H groups in total. The number of carbonyl (C=O) groups is 1. The van der Waals surface area contributed by atoms with Crippen LogP contribution in [-0.2, 0) is 9.47 Å². The molecule has 0 aromatic carbocycles. The molecule has 1 aliphatic heterocycles. The predicted molar refractivity (Wildman–Crippen MR) is 78.3 cm³/mol. The fourth-order valence-electron chi connectivity index (χ4n) is 2.11. The number of nitrogens with zero attached hydrogens (tertiary/aromatic N) is 2. The van der Waals surface area contributed by atoms with Crippen molar-refractivity contribution in [1.82, 2.24) is 15.3 Å². The number of hydrogen-bond acceptors (Lipinski definition) is 6. The number of ether oxygens (including phenoxy) is 2. The molecule has 2 rings (SSSR count). The zero-order valence-electron chi connectivity index (χ0n) is 12.3. The second kappa shape index (κ2) is 8.53. The smallest absolute Gasteiger partial charge is 0.270 e. The zero-order chi connectivity index (χ0) is 14.9. The van der Waals surface area contributed by atoms with Crippen LogP contribution in [-0.4, -0.2) is 55.4 Å². The van der Waals surface area contributed by atoms with Crippen LogP contribution in [0.1, 0.15) is 29.8 Å². The molecule has 0 radical (unpaired) electrons. The van der Waals surface area contributed by atoms with E-state index in [1.54, 1.807) is 13.2 Å². The molecule has 2 heterocycles. The summed E-state index contributed by atoms with van der Waals surface area (Å²) in [6, 6.07) is 1.65. The molecule has 116 valence electrons. The Hall–Kier alpha value is -1.73. The summed E-state index contributed by atoms with van der Waals surface area (Å²) < 4.78 is 10.5. The fraction of sp³-hybridized carbons (Fsp3) is 0.643. The molecule has 0 spiro atoms. The standard InChI is InChI=1S/C14H22N4O3/c1-20-6-3-5-15-14(19)12-8-13(18-10-17-12)16-9-11-4-2-7-21-11/h8,10-11H,2-7,9H2,1H3,(H,15,19)(H,16,17,18). The Labute approximate surface area is 124 Å². The van der Waals surface area contributed by atoms with Gasteiger partial charge < -0.3 is 20.1 Å². The highest BCUT2D eigenvalue weighted by atomic mass is 16.5. The molecule has 7 nitrogen and oxygen atoms in total. The maximum Gasteiger partial charge on any atom is 0.270 e. The molecular formula is C14H22N4O3. The molecule has 21 heavy (non-hydrogen) atoms. The number of nitrogens with one attached hydrogen (secondary N) is 2. The number of hydrogen-bond donors (Lipinski definition) is 2. The number of carbonyl (C=O) groups excluding carboxylic acids is 1. The normalized spacial score (nSPS) is 17.7. The van der Waals surface area contributed by atoms with Gasteiger partial charge in [-0.1, -0.05) is 0 Å². The number of anilines is 1. The van der Waals surface area contributed by atoms with E-state index in [1.165, 1.54) is 6.33 Å². The zero-order valence-corrected chi connectivity index (χ0v) is 12.3. The minimum Gasteiger partial charge on any atom is -0.385 e. The van der Waals surface area contributed by atoms with Crippen LogP contribution >= 0.6 is 0 Å². The van der Waals surface area contributed by atoms with E-state index in [9.17, 15) is 4.79 Å². The van der Waals surface area contributed by atoms with Gasteiger partial charge in [-0.2, -0.15) is 0 Å². The minimum atomic E-state index is -0.200. The van der Waals surface area contributed by atoms with E-state index < -0.39 is 0 Å². The SMILES string of the molecule is COCCCNC(=O)c1cc(NCC2CCCO2)ncn1. The van der Waals surface area contributed by atoms with E-state index in [4.69, 9.17) is 9.47 Å². The van der Waals surface area contributed by atoms with Crippen molar-refractivity contribution in [2.45, 2.75) is 25.4 Å². The molecule has 0 bridgehead atoms. The van der Waals surface area contributed by atoms with Crippen molar-refractivity contribution in [2.75, 3.05) is 38.7 Å². The summed E-state index contributed by atoms with van der Waals surface area (Å²) in [5.41, 5.74) is 0.359. The molecule has 1 aromatic rings. The van der Waals surface area contributed by atoms with Crippen LogP contribution in [0.3, 0.4) is 0 Å². The lowest BCUT2D eigenvalue weighted by Gasteiger charge is -2.11. The quantitative estimate of drug-likeness (QED) is 0.691. The van der Waals surface area contributed by atoms with Gasteiger partial charge in [-0.15, -0.1) is 0 Å². The summed E-state index contributed by atoms with van der Waals surface area (Å²) in [5.74, 6) is 0.441. The molecule has 1 amide bonds. The van der Waals surface area contributed by atoms with Gasteiger partial charge in [-0.3, -0.25) is 4.79 Å². The van der Waals surface area contributed by atoms with Crippen molar-refractivity contribution >= 4 is 11.7 Å². The monoisotopic (exact) mass is 294 g/mol. The number of rotatable bonds is 8. The van der Waals surface area contributed by atoms with Gasteiger partial charge in [-0.05, 0) is 19.3 Å². The van der Waals surface area contributed by atoms with Crippen molar-refractivity contribution in [1.29, 1.82) is 0 Å². The van der Waals surface area contributed by atoms with Gasteiger partial charge in [0.1, 0.15) is 17.8 Å². The summed E-state index contributed by atoms with van der Waals surface area (Å²) in [6.07, 6.45) is 4.56. The van der Waals surface area contributed by atoms with Crippen LogP contribution < -0.4 is 10.6 Å². The van der Waals surface area contributed by atoms with Crippen LogP contribution in [0.25, 0.3) is 0 Å². The van der Waals surface area contributed by atoms with Gasteiger partial charge in [0, 0.05) is 39.5 Å². The first-order valence-corrected chi connectivity index (χ1v) is 7.24. The molecule has 1 fully saturated rings. The largest absolute Gasteiger partial charge is 0.385 e.